The third-order valence-corrected chi connectivity index (χ3v) is 3.29. The molecule has 0 aliphatic heterocycles. The summed E-state index contributed by atoms with van der Waals surface area (Å²) in [5.74, 6) is 0. The minimum Gasteiger partial charge on any atom is -0.384 e. The number of anilines is 1. The Balaban J connectivity index is 2.14. The van der Waals surface area contributed by atoms with Gasteiger partial charge in [0.05, 0.1) is 16.1 Å². The van der Waals surface area contributed by atoms with Crippen molar-refractivity contribution in [3.05, 3.63) is 40.6 Å². The van der Waals surface area contributed by atoms with Crippen LogP contribution in [0.2, 0.25) is 0 Å². The van der Waals surface area contributed by atoms with Gasteiger partial charge in [-0.05, 0) is 45.6 Å². The Kier molecular flexibility index (Phi) is 5.05. The minimum atomic E-state index is -0.360. The molecule has 6 nitrogen and oxygen atoms in total. The molecule has 1 aromatic heterocycles. The summed E-state index contributed by atoms with van der Waals surface area (Å²) in [6, 6.07) is 6.76. The molecule has 0 amide bonds. The Hall–Kier alpha value is -2.21. The van der Waals surface area contributed by atoms with E-state index in [0.717, 1.165) is 31.6 Å². The summed E-state index contributed by atoms with van der Waals surface area (Å²) < 4.78 is 0. The highest BCUT2D eigenvalue weighted by atomic mass is 16.6. The molecule has 0 fully saturated rings. The van der Waals surface area contributed by atoms with E-state index in [-0.39, 0.29) is 10.6 Å². The number of nitrogens with one attached hydrogen (secondary N) is 1. The summed E-state index contributed by atoms with van der Waals surface area (Å²) in [5, 5.41) is 15.0. The maximum absolute atomic E-state index is 11.2. The molecule has 0 spiro atoms. The number of rotatable bonds is 7. The molecule has 0 saturated carbocycles. The van der Waals surface area contributed by atoms with E-state index in [1.807, 2.05) is 14.1 Å². The molecule has 6 heteroatoms. The van der Waals surface area contributed by atoms with Gasteiger partial charge < -0.3 is 10.2 Å². The second-order valence-electron chi connectivity index (χ2n) is 5.22. The topological polar surface area (TPSA) is 71.3 Å². The van der Waals surface area contributed by atoms with Crippen molar-refractivity contribution >= 4 is 22.3 Å². The molecule has 0 aliphatic carbocycles. The fraction of sp³-hybridized carbons (Fsp3) is 0.400. The Bertz CT molecular complexity index is 623. The van der Waals surface area contributed by atoms with Crippen LogP contribution in [0.1, 0.15) is 12.8 Å². The van der Waals surface area contributed by atoms with Gasteiger partial charge in [-0.2, -0.15) is 0 Å². The number of pyridine rings is 1. The molecular weight excluding hydrogens is 268 g/mol. The zero-order valence-corrected chi connectivity index (χ0v) is 12.4. The number of nitro groups is 1. The highest BCUT2D eigenvalue weighted by molar-refractivity contribution is 5.98. The fourth-order valence-corrected chi connectivity index (χ4v) is 2.26. The molecule has 1 N–H and O–H groups in total. The summed E-state index contributed by atoms with van der Waals surface area (Å²) >= 11 is 0. The highest BCUT2D eigenvalue weighted by Crippen LogP contribution is 2.30. The SMILES string of the molecule is CN(C)CCCCNc1ccnc2cccc([N+](=O)[O-])c12. The summed E-state index contributed by atoms with van der Waals surface area (Å²) in [7, 11) is 4.10. The first-order valence-corrected chi connectivity index (χ1v) is 7.00. The Labute approximate surface area is 123 Å². The van der Waals surface area contributed by atoms with E-state index in [2.05, 4.69) is 15.2 Å². The van der Waals surface area contributed by atoms with Gasteiger partial charge in [0.25, 0.3) is 5.69 Å². The molecule has 0 saturated heterocycles. The lowest BCUT2D eigenvalue weighted by Gasteiger charge is -2.11. The summed E-state index contributed by atoms with van der Waals surface area (Å²) in [6.07, 6.45) is 3.78. The van der Waals surface area contributed by atoms with E-state index >= 15 is 0 Å². The quantitative estimate of drug-likeness (QED) is 0.482. The van der Waals surface area contributed by atoms with Gasteiger partial charge in [0.1, 0.15) is 5.39 Å². The second kappa shape index (κ2) is 6.99. The van der Waals surface area contributed by atoms with Crippen LogP contribution in [0.15, 0.2) is 30.5 Å². The first kappa shape index (κ1) is 15.2. The summed E-state index contributed by atoms with van der Waals surface area (Å²) in [5.41, 5.74) is 1.51. The van der Waals surface area contributed by atoms with Gasteiger partial charge in [0.15, 0.2) is 0 Å². The predicted octanol–water partition coefficient (Wildman–Crippen LogP) is 2.90. The Morgan fingerprint density at radius 1 is 1.29 bits per heavy atom. The van der Waals surface area contributed by atoms with Gasteiger partial charge in [-0.15, -0.1) is 0 Å². The average molecular weight is 288 g/mol. The molecule has 0 bridgehead atoms. The van der Waals surface area contributed by atoms with E-state index in [1.54, 1.807) is 24.4 Å². The molecule has 112 valence electrons. The first-order chi connectivity index (χ1) is 10.1. The van der Waals surface area contributed by atoms with E-state index in [9.17, 15) is 10.1 Å². The molecule has 2 aromatic rings. The highest BCUT2D eigenvalue weighted by Gasteiger charge is 2.15. The summed E-state index contributed by atoms with van der Waals surface area (Å²) in [6.45, 7) is 1.83. The van der Waals surface area contributed by atoms with Crippen LogP contribution in [0, 0.1) is 10.1 Å². The lowest BCUT2D eigenvalue weighted by Crippen LogP contribution is -2.14. The van der Waals surface area contributed by atoms with E-state index < -0.39 is 0 Å². The maximum atomic E-state index is 11.2. The zero-order chi connectivity index (χ0) is 15.2. The monoisotopic (exact) mass is 288 g/mol. The van der Waals surface area contributed by atoms with Crippen LogP contribution in [-0.4, -0.2) is 42.0 Å². The van der Waals surface area contributed by atoms with Gasteiger partial charge in [0, 0.05) is 18.8 Å². The number of hydrogen-bond donors (Lipinski definition) is 1. The molecular formula is C15H20N4O2. The lowest BCUT2D eigenvalue weighted by atomic mass is 10.1. The van der Waals surface area contributed by atoms with Gasteiger partial charge >= 0.3 is 0 Å². The third kappa shape index (κ3) is 3.88. The zero-order valence-electron chi connectivity index (χ0n) is 12.4. The molecule has 21 heavy (non-hydrogen) atoms. The van der Waals surface area contributed by atoms with E-state index in [1.165, 1.54) is 6.07 Å². The van der Waals surface area contributed by atoms with Gasteiger partial charge in [-0.3, -0.25) is 15.1 Å². The molecule has 0 atom stereocenters. The first-order valence-electron chi connectivity index (χ1n) is 7.00. The number of nitrogens with zero attached hydrogens (tertiary/aromatic N) is 3. The van der Waals surface area contributed by atoms with Crippen molar-refractivity contribution in [3.63, 3.8) is 0 Å². The second-order valence-corrected chi connectivity index (χ2v) is 5.22. The number of aromatic nitrogens is 1. The van der Waals surface area contributed by atoms with E-state index in [0.29, 0.717) is 10.9 Å². The number of hydrogen-bond acceptors (Lipinski definition) is 5. The van der Waals surface area contributed by atoms with Crippen molar-refractivity contribution in [2.75, 3.05) is 32.5 Å². The summed E-state index contributed by atoms with van der Waals surface area (Å²) in [4.78, 5) is 17.1. The van der Waals surface area contributed by atoms with Gasteiger partial charge in [0.2, 0.25) is 0 Å². The van der Waals surface area contributed by atoms with Crippen molar-refractivity contribution in [3.8, 4) is 0 Å². The molecule has 0 aliphatic rings. The molecule has 2 rings (SSSR count). The number of unbranched alkanes of at least 4 members (excludes halogenated alkanes) is 1. The number of fused-ring (bicyclic) bond motifs is 1. The van der Waals surface area contributed by atoms with Crippen molar-refractivity contribution in [2.24, 2.45) is 0 Å². The largest absolute Gasteiger partial charge is 0.384 e. The van der Waals surface area contributed by atoms with Crippen LogP contribution in [-0.2, 0) is 0 Å². The van der Waals surface area contributed by atoms with Crippen molar-refractivity contribution in [1.29, 1.82) is 0 Å². The Morgan fingerprint density at radius 3 is 2.81 bits per heavy atom. The van der Waals surface area contributed by atoms with Crippen LogP contribution in [0.5, 0.6) is 0 Å². The Morgan fingerprint density at radius 2 is 2.10 bits per heavy atom. The lowest BCUT2D eigenvalue weighted by molar-refractivity contribution is -0.383. The number of benzene rings is 1. The van der Waals surface area contributed by atoms with Crippen LogP contribution in [0.4, 0.5) is 11.4 Å². The number of nitro benzene ring substituents is 1. The average Bonchev–Trinajstić information content (AvgIpc) is 2.46. The molecule has 1 heterocycles. The molecule has 0 unspecified atom stereocenters. The van der Waals surface area contributed by atoms with Gasteiger partial charge in [-0.1, -0.05) is 6.07 Å². The standard InChI is InChI=1S/C15H20N4O2/c1-18(2)11-4-3-9-16-13-8-10-17-12-6-5-7-14(15(12)13)19(20)21/h5-8,10H,3-4,9,11H2,1-2H3,(H,16,17). The van der Waals surface area contributed by atoms with Crippen molar-refractivity contribution in [1.82, 2.24) is 9.88 Å². The maximum Gasteiger partial charge on any atom is 0.280 e. The fourth-order valence-electron chi connectivity index (χ4n) is 2.26. The van der Waals surface area contributed by atoms with Crippen molar-refractivity contribution in [2.45, 2.75) is 12.8 Å². The molecule has 0 radical (unpaired) electrons. The van der Waals surface area contributed by atoms with E-state index in [4.69, 9.17) is 0 Å². The van der Waals surface area contributed by atoms with Crippen LogP contribution in [0.25, 0.3) is 10.9 Å². The molecule has 1 aromatic carbocycles. The predicted molar refractivity (Wildman–Crippen MR) is 84.7 cm³/mol. The van der Waals surface area contributed by atoms with Crippen molar-refractivity contribution < 1.29 is 4.92 Å². The van der Waals surface area contributed by atoms with Crippen LogP contribution >= 0.6 is 0 Å². The van der Waals surface area contributed by atoms with Gasteiger partial charge in [-0.25, -0.2) is 0 Å². The smallest absolute Gasteiger partial charge is 0.280 e. The number of non-ortho nitro benzene ring substituents is 1. The van der Waals surface area contributed by atoms with Crippen LogP contribution in [0.3, 0.4) is 0 Å². The third-order valence-electron chi connectivity index (χ3n) is 3.29. The van der Waals surface area contributed by atoms with Crippen LogP contribution < -0.4 is 5.32 Å². The normalized spacial score (nSPS) is 11.0. The minimum absolute atomic E-state index is 0.0939.